The van der Waals surface area contributed by atoms with Crippen LogP contribution in [0.5, 0.6) is 11.5 Å². The van der Waals surface area contributed by atoms with Crippen LogP contribution in [0.3, 0.4) is 0 Å². The maximum atomic E-state index is 6.49. The third-order valence-corrected chi connectivity index (χ3v) is 6.00. The summed E-state index contributed by atoms with van der Waals surface area (Å²) in [5, 5.41) is 4.37. The van der Waals surface area contributed by atoms with Crippen LogP contribution in [0.25, 0.3) is 28.5 Å². The summed E-state index contributed by atoms with van der Waals surface area (Å²) in [6, 6.07) is 18.0. The highest BCUT2D eigenvalue weighted by Gasteiger charge is 2.32. The number of ether oxygens (including phenoxy) is 2. The van der Waals surface area contributed by atoms with Crippen molar-refractivity contribution in [3.05, 3.63) is 82.4 Å². The molecular formula is C27H24ClNO2. The average Bonchev–Trinajstić information content (AvgIpc) is 2.73. The number of benzene rings is 3. The standard InChI is InChI=1S/C27H24ClNO2/c1-16-15-27(2,3)29-20-13-12-19-25-21(30-4)6-5-7-22(25)31-23(26(19)24(16)20)14-17-8-10-18(28)11-9-17/h5-15,29H,1-4H3. The van der Waals surface area contributed by atoms with Crippen molar-refractivity contribution in [2.45, 2.75) is 26.3 Å². The Balaban J connectivity index is 1.81. The molecule has 0 aromatic heterocycles. The molecule has 156 valence electrons. The quantitative estimate of drug-likeness (QED) is 0.457. The summed E-state index contributed by atoms with van der Waals surface area (Å²) in [5.41, 5.74) is 7.55. The summed E-state index contributed by atoms with van der Waals surface area (Å²) in [7, 11) is 1.70. The molecule has 3 aromatic rings. The lowest BCUT2D eigenvalue weighted by Gasteiger charge is -2.35. The van der Waals surface area contributed by atoms with Gasteiger partial charge in [0.05, 0.1) is 18.2 Å². The maximum Gasteiger partial charge on any atom is 0.139 e. The van der Waals surface area contributed by atoms with Crippen molar-refractivity contribution in [2.24, 2.45) is 0 Å². The summed E-state index contributed by atoms with van der Waals surface area (Å²) in [4.78, 5) is 0. The number of halogens is 1. The van der Waals surface area contributed by atoms with Crippen molar-refractivity contribution in [3.8, 4) is 22.6 Å². The minimum Gasteiger partial charge on any atom is -0.496 e. The first-order valence-electron chi connectivity index (χ1n) is 10.3. The Morgan fingerprint density at radius 2 is 1.74 bits per heavy atom. The summed E-state index contributed by atoms with van der Waals surface area (Å²) < 4.78 is 12.2. The zero-order valence-electron chi connectivity index (χ0n) is 18.0. The molecule has 31 heavy (non-hydrogen) atoms. The van der Waals surface area contributed by atoms with E-state index in [0.29, 0.717) is 5.02 Å². The Hall–Kier alpha value is -3.17. The highest BCUT2D eigenvalue weighted by Crippen LogP contribution is 2.51. The van der Waals surface area contributed by atoms with Gasteiger partial charge in [-0.15, -0.1) is 0 Å². The van der Waals surface area contributed by atoms with Crippen LogP contribution in [-0.2, 0) is 0 Å². The molecule has 0 fully saturated rings. The third-order valence-electron chi connectivity index (χ3n) is 5.75. The average molecular weight is 430 g/mol. The second-order valence-electron chi connectivity index (χ2n) is 8.58. The number of hydrogen-bond donors (Lipinski definition) is 1. The van der Waals surface area contributed by atoms with Crippen LogP contribution in [0.4, 0.5) is 5.69 Å². The first-order chi connectivity index (χ1) is 14.9. The predicted octanol–water partition coefficient (Wildman–Crippen LogP) is 7.51. The molecule has 0 bridgehead atoms. The number of nitrogens with one attached hydrogen (secondary N) is 1. The Kier molecular flexibility index (Phi) is 4.60. The first-order valence-corrected chi connectivity index (χ1v) is 10.7. The Morgan fingerprint density at radius 3 is 2.48 bits per heavy atom. The van der Waals surface area contributed by atoms with Gasteiger partial charge in [0.25, 0.3) is 0 Å². The number of allylic oxidation sites excluding steroid dienone is 1. The van der Waals surface area contributed by atoms with Crippen molar-refractivity contribution < 1.29 is 9.47 Å². The summed E-state index contributed by atoms with van der Waals surface area (Å²) in [6.45, 7) is 6.52. The van der Waals surface area contributed by atoms with Crippen LogP contribution < -0.4 is 14.8 Å². The van der Waals surface area contributed by atoms with Crippen LogP contribution in [0.15, 0.2) is 60.7 Å². The molecule has 0 amide bonds. The minimum atomic E-state index is -0.115. The van der Waals surface area contributed by atoms with E-state index in [1.807, 2.05) is 42.5 Å². The second-order valence-corrected chi connectivity index (χ2v) is 9.02. The Labute approximate surface area is 188 Å². The van der Waals surface area contributed by atoms with E-state index in [-0.39, 0.29) is 5.54 Å². The van der Waals surface area contributed by atoms with Gasteiger partial charge in [0.1, 0.15) is 17.3 Å². The second kappa shape index (κ2) is 7.21. The van der Waals surface area contributed by atoms with E-state index in [2.05, 4.69) is 50.4 Å². The molecule has 5 rings (SSSR count). The topological polar surface area (TPSA) is 30.5 Å². The Bertz CT molecular complexity index is 1250. The molecule has 0 spiro atoms. The van der Waals surface area contributed by atoms with Gasteiger partial charge in [0, 0.05) is 27.4 Å². The fourth-order valence-electron chi connectivity index (χ4n) is 4.59. The maximum absolute atomic E-state index is 6.49. The SMILES string of the molecule is COc1cccc2c1-c1ccc3c(c1C(=Cc1ccc(Cl)cc1)O2)C(C)=CC(C)(C)N3. The molecule has 0 saturated carbocycles. The lowest BCUT2D eigenvalue weighted by molar-refractivity contribution is 0.412. The van der Waals surface area contributed by atoms with E-state index in [0.717, 1.165) is 50.8 Å². The molecule has 1 N–H and O–H groups in total. The first kappa shape index (κ1) is 19.8. The summed E-state index contributed by atoms with van der Waals surface area (Å²) in [6.07, 6.45) is 4.35. The highest BCUT2D eigenvalue weighted by molar-refractivity contribution is 6.30. The van der Waals surface area contributed by atoms with Gasteiger partial charge in [-0.3, -0.25) is 0 Å². The van der Waals surface area contributed by atoms with Gasteiger partial charge in [-0.1, -0.05) is 41.9 Å². The van der Waals surface area contributed by atoms with Crippen molar-refractivity contribution in [3.63, 3.8) is 0 Å². The van der Waals surface area contributed by atoms with Crippen LogP contribution in [0.1, 0.15) is 37.5 Å². The lowest BCUT2D eigenvalue weighted by Crippen LogP contribution is -2.32. The number of anilines is 1. The van der Waals surface area contributed by atoms with Crippen LogP contribution in [0.2, 0.25) is 5.02 Å². The van der Waals surface area contributed by atoms with Gasteiger partial charge >= 0.3 is 0 Å². The molecule has 3 nitrogen and oxygen atoms in total. The Morgan fingerprint density at radius 1 is 0.968 bits per heavy atom. The fraction of sp³-hybridized carbons (Fsp3) is 0.185. The van der Waals surface area contributed by atoms with Gasteiger partial charge in [0.15, 0.2) is 0 Å². The van der Waals surface area contributed by atoms with Crippen molar-refractivity contribution in [1.82, 2.24) is 0 Å². The highest BCUT2D eigenvalue weighted by atomic mass is 35.5. The molecule has 0 atom stereocenters. The van der Waals surface area contributed by atoms with Gasteiger partial charge in [0.2, 0.25) is 0 Å². The number of fused-ring (bicyclic) bond motifs is 5. The van der Waals surface area contributed by atoms with Gasteiger partial charge in [-0.05, 0) is 68.3 Å². The van der Waals surface area contributed by atoms with Crippen LogP contribution in [-0.4, -0.2) is 12.6 Å². The van der Waals surface area contributed by atoms with Gasteiger partial charge in [-0.2, -0.15) is 0 Å². The van der Waals surface area contributed by atoms with Crippen molar-refractivity contribution in [2.75, 3.05) is 12.4 Å². The number of rotatable bonds is 2. The normalized spacial score (nSPS) is 16.9. The van der Waals surface area contributed by atoms with Crippen molar-refractivity contribution >= 4 is 34.7 Å². The van der Waals surface area contributed by atoms with E-state index in [1.54, 1.807) is 7.11 Å². The van der Waals surface area contributed by atoms with E-state index in [9.17, 15) is 0 Å². The van der Waals surface area contributed by atoms with Gasteiger partial charge < -0.3 is 14.8 Å². The smallest absolute Gasteiger partial charge is 0.139 e. The van der Waals surface area contributed by atoms with E-state index < -0.39 is 0 Å². The summed E-state index contributed by atoms with van der Waals surface area (Å²) in [5.74, 6) is 2.40. The molecule has 3 aromatic carbocycles. The summed E-state index contributed by atoms with van der Waals surface area (Å²) >= 11 is 6.09. The molecule has 2 aliphatic heterocycles. The molecule has 0 unspecified atom stereocenters. The minimum absolute atomic E-state index is 0.115. The molecule has 2 aliphatic rings. The monoisotopic (exact) mass is 429 g/mol. The van der Waals surface area contributed by atoms with Crippen LogP contribution in [0, 0.1) is 0 Å². The molecule has 0 radical (unpaired) electrons. The predicted molar refractivity (Wildman–Crippen MR) is 130 cm³/mol. The molecule has 4 heteroatoms. The van der Waals surface area contributed by atoms with Gasteiger partial charge in [-0.25, -0.2) is 0 Å². The van der Waals surface area contributed by atoms with Crippen LogP contribution >= 0.6 is 11.6 Å². The molecular weight excluding hydrogens is 406 g/mol. The number of methoxy groups -OCH3 is 1. The molecule has 2 heterocycles. The van der Waals surface area contributed by atoms with E-state index in [4.69, 9.17) is 21.1 Å². The van der Waals surface area contributed by atoms with E-state index in [1.165, 1.54) is 5.57 Å². The van der Waals surface area contributed by atoms with E-state index >= 15 is 0 Å². The zero-order chi connectivity index (χ0) is 21.8. The lowest BCUT2D eigenvalue weighted by atomic mass is 9.83. The largest absolute Gasteiger partial charge is 0.496 e. The fourth-order valence-corrected chi connectivity index (χ4v) is 4.72. The molecule has 0 saturated heterocycles. The van der Waals surface area contributed by atoms with Crippen molar-refractivity contribution in [1.29, 1.82) is 0 Å². The number of hydrogen-bond acceptors (Lipinski definition) is 3. The third kappa shape index (κ3) is 3.39. The molecule has 0 aliphatic carbocycles. The zero-order valence-corrected chi connectivity index (χ0v) is 18.8.